The third-order valence-corrected chi connectivity index (χ3v) is 10.1. The fraction of sp³-hybridized carbons (Fsp3) is 0.0455. The van der Waals surface area contributed by atoms with Crippen molar-refractivity contribution >= 4 is 77.0 Å². The minimum atomic E-state index is 0. The Hall–Kier alpha value is -6.20. The van der Waals surface area contributed by atoms with E-state index in [4.69, 9.17) is 24.7 Å². The van der Waals surface area contributed by atoms with Crippen molar-refractivity contribution in [3.8, 4) is 22.6 Å². The summed E-state index contributed by atoms with van der Waals surface area (Å²) in [5.74, 6) is 1.13. The fourth-order valence-electron chi connectivity index (χ4n) is 7.86. The molecule has 0 fully saturated rings. The zero-order chi connectivity index (χ0) is 33.8. The van der Waals surface area contributed by atoms with Gasteiger partial charge in [-0.3, -0.25) is 15.0 Å². The van der Waals surface area contributed by atoms with Crippen molar-refractivity contribution in [2.24, 2.45) is 0 Å². The standard InChI is InChI=1S/C44H26N6O.Pd/c1-25-8-7-9-26(2)40(25)27-14-19-37-32(22-27)30-17-15-28(23-33(30)42-47-35-10-3-5-12-38(35)49(37)42)51-29-16-18-31-34(24-29)43-48-36-11-4-6-13-39(36)50(43)44-41(31)45-20-21-46-44;/h3-22H,1-2H3;/q-2;+2. The van der Waals surface area contributed by atoms with Gasteiger partial charge in [0.1, 0.15) is 5.65 Å². The Morgan fingerprint density at radius 1 is 0.538 bits per heavy atom. The first-order chi connectivity index (χ1) is 25.1. The normalized spacial score (nSPS) is 11.9. The minimum absolute atomic E-state index is 0. The molecule has 52 heavy (non-hydrogen) atoms. The Balaban J connectivity index is 0.00000338. The van der Waals surface area contributed by atoms with Gasteiger partial charge in [-0.1, -0.05) is 100 Å². The number of imidazole rings is 2. The maximum absolute atomic E-state index is 6.57. The van der Waals surface area contributed by atoms with Gasteiger partial charge in [-0.15, -0.1) is 12.1 Å². The van der Waals surface area contributed by atoms with Gasteiger partial charge >= 0.3 is 20.4 Å². The number of rotatable bonds is 3. The molecule has 8 heteroatoms. The van der Waals surface area contributed by atoms with E-state index < -0.39 is 0 Å². The van der Waals surface area contributed by atoms with Crippen LogP contribution in [0.4, 0.5) is 0 Å². The van der Waals surface area contributed by atoms with E-state index in [0.717, 1.165) is 77.0 Å². The smallest absolute Gasteiger partial charge is 0.497 e. The summed E-state index contributed by atoms with van der Waals surface area (Å²) in [6, 6.07) is 44.7. The van der Waals surface area contributed by atoms with Gasteiger partial charge in [0.25, 0.3) is 0 Å². The number of hydrogen-bond acceptors (Lipinski definition) is 5. The first-order valence-electron chi connectivity index (χ1n) is 16.9. The van der Waals surface area contributed by atoms with Crippen molar-refractivity contribution < 1.29 is 25.2 Å². The van der Waals surface area contributed by atoms with Crippen LogP contribution in [0.5, 0.6) is 11.5 Å². The summed E-state index contributed by atoms with van der Waals surface area (Å²) in [7, 11) is 0. The van der Waals surface area contributed by atoms with E-state index >= 15 is 0 Å². The second-order valence-corrected chi connectivity index (χ2v) is 13.1. The molecule has 11 aromatic rings. The topological polar surface area (TPSA) is 69.6 Å². The van der Waals surface area contributed by atoms with E-state index in [1.807, 2.05) is 48.5 Å². The maximum Gasteiger partial charge on any atom is 2.00 e. The van der Waals surface area contributed by atoms with Crippen LogP contribution >= 0.6 is 0 Å². The minimum Gasteiger partial charge on any atom is -0.497 e. The van der Waals surface area contributed by atoms with E-state index in [1.165, 1.54) is 22.3 Å². The van der Waals surface area contributed by atoms with Gasteiger partial charge in [0.2, 0.25) is 0 Å². The van der Waals surface area contributed by atoms with Crippen molar-refractivity contribution in [1.82, 2.24) is 28.7 Å². The number of aryl methyl sites for hydroxylation is 2. The van der Waals surface area contributed by atoms with Gasteiger partial charge in [0.15, 0.2) is 0 Å². The summed E-state index contributed by atoms with van der Waals surface area (Å²) >= 11 is 0. The molecule has 0 atom stereocenters. The summed E-state index contributed by atoms with van der Waals surface area (Å²) in [5, 5.41) is 4.80. The Morgan fingerprint density at radius 2 is 1.15 bits per heavy atom. The molecule has 0 unspecified atom stereocenters. The molecule has 0 saturated heterocycles. The average Bonchev–Trinajstić information content (AvgIpc) is 3.75. The van der Waals surface area contributed by atoms with Crippen molar-refractivity contribution in [2.75, 3.05) is 0 Å². The molecule has 0 bridgehead atoms. The van der Waals surface area contributed by atoms with Gasteiger partial charge in [-0.05, 0) is 71.8 Å². The third-order valence-electron chi connectivity index (χ3n) is 10.1. The molecule has 0 spiro atoms. The molecule has 7 nitrogen and oxygen atoms in total. The molecular weight excluding hydrogens is 735 g/mol. The van der Waals surface area contributed by atoms with Crippen LogP contribution in [0.1, 0.15) is 11.1 Å². The van der Waals surface area contributed by atoms with E-state index in [1.54, 1.807) is 12.4 Å². The van der Waals surface area contributed by atoms with Crippen molar-refractivity contribution in [1.29, 1.82) is 0 Å². The van der Waals surface area contributed by atoms with E-state index in [0.29, 0.717) is 11.5 Å². The second kappa shape index (κ2) is 11.4. The monoisotopic (exact) mass is 760 g/mol. The molecule has 0 aliphatic heterocycles. The van der Waals surface area contributed by atoms with E-state index in [2.05, 4.69) is 95.4 Å². The van der Waals surface area contributed by atoms with Gasteiger partial charge in [-0.2, -0.15) is 0 Å². The molecule has 11 rings (SSSR count). The molecular formula is C44H26N6OPd. The van der Waals surface area contributed by atoms with Gasteiger partial charge in [0, 0.05) is 29.4 Å². The zero-order valence-corrected chi connectivity index (χ0v) is 29.5. The predicted octanol–water partition coefficient (Wildman–Crippen LogP) is 10.4. The average molecular weight is 761 g/mol. The van der Waals surface area contributed by atoms with Crippen molar-refractivity contribution in [3.63, 3.8) is 0 Å². The number of fused-ring (bicyclic) bond motifs is 16. The maximum atomic E-state index is 6.57. The largest absolute Gasteiger partial charge is 2.00 e. The zero-order valence-electron chi connectivity index (χ0n) is 28.0. The van der Waals surface area contributed by atoms with Gasteiger partial charge in [0.05, 0.1) is 38.9 Å². The first-order valence-corrected chi connectivity index (χ1v) is 16.9. The number of para-hydroxylation sites is 4. The number of aromatic nitrogens is 6. The summed E-state index contributed by atoms with van der Waals surface area (Å²) < 4.78 is 10.9. The Kier molecular flexibility index (Phi) is 6.72. The Labute approximate surface area is 310 Å². The molecule has 0 saturated carbocycles. The Morgan fingerprint density at radius 3 is 1.88 bits per heavy atom. The molecule has 0 aliphatic rings. The SMILES string of the molecule is Cc1cccc(C)c1-c1ccc2c(c1)c1ccc(Oc3[c-]c4c(cc3)c3nccnc3n3c5ccccc5nc43)[c-]c1c1nc3ccccc3n21.[Pd+2]. The summed E-state index contributed by atoms with van der Waals surface area (Å²) in [6.07, 6.45) is 3.43. The number of pyridine rings is 2. The summed E-state index contributed by atoms with van der Waals surface area (Å²) in [6.45, 7) is 4.35. The predicted molar refractivity (Wildman–Crippen MR) is 204 cm³/mol. The van der Waals surface area contributed by atoms with Crippen LogP contribution in [0.2, 0.25) is 0 Å². The molecule has 5 aromatic heterocycles. The van der Waals surface area contributed by atoms with Crippen LogP contribution in [-0.4, -0.2) is 28.7 Å². The summed E-state index contributed by atoms with van der Waals surface area (Å²) in [4.78, 5) is 19.5. The third kappa shape index (κ3) is 4.35. The number of hydrogen-bond donors (Lipinski definition) is 0. The van der Waals surface area contributed by atoms with Crippen LogP contribution in [-0.2, 0) is 20.4 Å². The van der Waals surface area contributed by atoms with Crippen LogP contribution in [0.25, 0.3) is 88.1 Å². The first kappa shape index (κ1) is 30.6. The van der Waals surface area contributed by atoms with E-state index in [-0.39, 0.29) is 20.4 Å². The van der Waals surface area contributed by atoms with Gasteiger partial charge < -0.3 is 13.5 Å². The summed E-state index contributed by atoms with van der Waals surface area (Å²) in [5.41, 5.74) is 13.0. The number of benzene rings is 6. The van der Waals surface area contributed by atoms with Crippen molar-refractivity contribution in [3.05, 3.63) is 145 Å². The van der Waals surface area contributed by atoms with E-state index in [9.17, 15) is 0 Å². The van der Waals surface area contributed by atoms with Gasteiger partial charge in [-0.25, -0.2) is 4.98 Å². The molecule has 5 heterocycles. The fourth-order valence-corrected chi connectivity index (χ4v) is 7.86. The molecule has 0 radical (unpaired) electrons. The van der Waals surface area contributed by atoms with Crippen LogP contribution in [0, 0.1) is 26.0 Å². The van der Waals surface area contributed by atoms with Crippen LogP contribution < -0.4 is 4.74 Å². The molecule has 6 aromatic carbocycles. The van der Waals surface area contributed by atoms with Crippen molar-refractivity contribution in [2.45, 2.75) is 13.8 Å². The second-order valence-electron chi connectivity index (χ2n) is 13.1. The number of nitrogens with zero attached hydrogens (tertiary/aromatic N) is 6. The molecule has 0 aliphatic carbocycles. The molecule has 248 valence electrons. The number of ether oxygens (including phenoxy) is 1. The Bertz CT molecular complexity index is 3250. The van der Waals surface area contributed by atoms with Crippen LogP contribution in [0.15, 0.2) is 122 Å². The quantitative estimate of drug-likeness (QED) is 0.102. The van der Waals surface area contributed by atoms with Crippen LogP contribution in [0.3, 0.4) is 0 Å². The molecule has 0 amide bonds. The molecule has 0 N–H and O–H groups in total.